The average Bonchev–Trinajstić information content (AvgIpc) is 3.02. The molecule has 0 bridgehead atoms. The highest BCUT2D eigenvalue weighted by molar-refractivity contribution is 5.90. The first-order valence-corrected chi connectivity index (χ1v) is 11.0. The number of hydrogen-bond acceptors (Lipinski definition) is 4. The zero-order valence-electron chi connectivity index (χ0n) is 20.7. The van der Waals surface area contributed by atoms with Crippen molar-refractivity contribution in [1.29, 1.82) is 0 Å². The van der Waals surface area contributed by atoms with E-state index in [1.807, 2.05) is 0 Å². The van der Waals surface area contributed by atoms with Crippen molar-refractivity contribution in [3.63, 3.8) is 0 Å². The Bertz CT molecular complexity index is 1890. The van der Waals surface area contributed by atoms with E-state index in [0.29, 0.717) is 0 Å². The lowest BCUT2D eigenvalue weighted by molar-refractivity contribution is 0.0690. The molecule has 244 valence electrons. The lowest BCUT2D eigenvalue weighted by Crippen LogP contribution is -2.11. The molecule has 0 unspecified atom stereocenters. The van der Waals surface area contributed by atoms with Gasteiger partial charge in [-0.25, -0.2) is 48.7 Å². The first-order valence-electron chi connectivity index (χ1n) is 11.0. The van der Waals surface area contributed by atoms with Gasteiger partial charge < -0.3 is 19.3 Å². The number of carbonyl (C=O) groups is 1. The molecule has 0 aliphatic rings. The predicted octanol–water partition coefficient (Wildman–Crippen LogP) is 8.99. The first kappa shape index (κ1) is 33.5. The van der Waals surface area contributed by atoms with Gasteiger partial charge in [0, 0.05) is 6.07 Å². The van der Waals surface area contributed by atoms with Crippen LogP contribution in [0.5, 0.6) is 34.5 Å². The van der Waals surface area contributed by atoms with Crippen LogP contribution in [-0.2, 0) is 0 Å². The van der Waals surface area contributed by atoms with Crippen molar-refractivity contribution in [2.45, 2.75) is 0 Å². The normalized spacial score (nSPS) is 11.2. The number of carboxylic acid groups (broad SMARTS) is 1. The molecule has 0 aromatic heterocycles. The van der Waals surface area contributed by atoms with Crippen molar-refractivity contribution >= 4 is 5.97 Å². The Morgan fingerprint density at radius 3 is 0.935 bits per heavy atom. The molecule has 0 radical (unpaired) electrons. The highest BCUT2D eigenvalue weighted by Crippen LogP contribution is 2.50. The van der Waals surface area contributed by atoms with E-state index in [1.54, 1.807) is 0 Å². The maximum Gasteiger partial charge on any atom is 0.338 e. The quantitative estimate of drug-likeness (QED) is 0.120. The van der Waals surface area contributed by atoms with Crippen LogP contribution in [0.2, 0.25) is 0 Å². The van der Waals surface area contributed by atoms with Crippen molar-refractivity contribution in [2.75, 3.05) is 0 Å². The van der Waals surface area contributed by atoms with Crippen LogP contribution >= 0.6 is 0 Å². The number of halogens is 16. The van der Waals surface area contributed by atoms with Crippen LogP contribution in [0.25, 0.3) is 0 Å². The molecule has 0 atom stereocenters. The van der Waals surface area contributed by atoms with E-state index >= 15 is 4.39 Å². The third-order valence-electron chi connectivity index (χ3n) is 5.50. The zero-order valence-corrected chi connectivity index (χ0v) is 20.7. The smallest absolute Gasteiger partial charge is 0.338 e. The Morgan fingerprint density at radius 1 is 0.370 bits per heavy atom. The molecular formula is C25H2F16O5. The highest BCUT2D eigenvalue weighted by Gasteiger charge is 2.36. The van der Waals surface area contributed by atoms with Crippen LogP contribution in [-0.4, -0.2) is 11.1 Å². The summed E-state index contributed by atoms with van der Waals surface area (Å²) in [4.78, 5) is 11.6. The molecule has 0 saturated heterocycles. The second kappa shape index (κ2) is 11.9. The van der Waals surface area contributed by atoms with Crippen LogP contribution in [0.3, 0.4) is 0 Å². The van der Waals surface area contributed by atoms with Gasteiger partial charge in [0.2, 0.25) is 116 Å². The molecule has 0 aliphatic heterocycles. The van der Waals surface area contributed by atoms with Gasteiger partial charge in [0.05, 0.1) is 0 Å². The number of ether oxygens (including phenoxy) is 3. The van der Waals surface area contributed by atoms with E-state index in [4.69, 9.17) is 0 Å². The van der Waals surface area contributed by atoms with Gasteiger partial charge in [0.15, 0.2) is 11.6 Å². The van der Waals surface area contributed by atoms with Crippen molar-refractivity contribution < 1.29 is 94.4 Å². The number of aromatic carboxylic acids is 1. The van der Waals surface area contributed by atoms with E-state index < -0.39 is 139 Å². The van der Waals surface area contributed by atoms with Gasteiger partial charge in [-0.15, -0.1) is 0 Å². The van der Waals surface area contributed by atoms with E-state index in [9.17, 15) is 75.8 Å². The van der Waals surface area contributed by atoms with E-state index in [0.717, 1.165) is 0 Å². The van der Waals surface area contributed by atoms with Crippen molar-refractivity contribution in [2.24, 2.45) is 0 Å². The van der Waals surface area contributed by atoms with Crippen molar-refractivity contribution in [3.8, 4) is 34.5 Å². The lowest BCUT2D eigenvalue weighted by atomic mass is 10.1. The highest BCUT2D eigenvalue weighted by atomic mass is 19.2. The summed E-state index contributed by atoms with van der Waals surface area (Å²) in [6, 6.07) is -0.373. The molecule has 4 aromatic rings. The van der Waals surface area contributed by atoms with Crippen molar-refractivity contribution in [1.82, 2.24) is 0 Å². The van der Waals surface area contributed by atoms with Crippen LogP contribution < -0.4 is 14.2 Å². The minimum atomic E-state index is -2.92. The second-order valence-corrected chi connectivity index (χ2v) is 8.20. The molecule has 46 heavy (non-hydrogen) atoms. The fraction of sp³-hybridized carbons (Fsp3) is 0. The van der Waals surface area contributed by atoms with Gasteiger partial charge in [-0.05, 0) is 0 Å². The molecule has 0 aliphatic carbocycles. The SMILES string of the molecule is O=C(O)c1cc(Oc2c(F)c(F)c(F)c(F)c2F)c(Oc2c(F)c(F)c(F)c(F)c2F)c(Oc2c(F)c(F)c(F)c(F)c2F)c1F. The summed E-state index contributed by atoms with van der Waals surface area (Å²) in [5.41, 5.74) is -1.98. The summed E-state index contributed by atoms with van der Waals surface area (Å²) in [5, 5.41) is 9.30. The molecule has 4 rings (SSSR count). The van der Waals surface area contributed by atoms with Gasteiger partial charge in [-0.1, -0.05) is 0 Å². The predicted molar refractivity (Wildman–Crippen MR) is 112 cm³/mol. The lowest BCUT2D eigenvalue weighted by Gasteiger charge is -2.20. The van der Waals surface area contributed by atoms with E-state index in [2.05, 4.69) is 14.2 Å². The number of carboxylic acids is 1. The third-order valence-corrected chi connectivity index (χ3v) is 5.50. The standard InChI is InChI=1S/C25H2F16O5/c26-4-2(25(42)43)1-3(44-21-14(36)8(30)5(27)9(31)15(21)37)20(45-22-16(38)10(32)6(28)11(33)17(22)39)24(4)46-23-18(40)12(34)7(29)13(35)19(23)41/h1H,(H,42,43). The fourth-order valence-electron chi connectivity index (χ4n) is 3.35. The number of hydrogen-bond donors (Lipinski definition) is 1. The largest absolute Gasteiger partial charge is 0.478 e. The van der Waals surface area contributed by atoms with Gasteiger partial charge >= 0.3 is 5.97 Å². The Balaban J connectivity index is 2.14. The third kappa shape index (κ3) is 5.19. The van der Waals surface area contributed by atoms with E-state index in [-0.39, 0.29) is 6.07 Å². The molecule has 4 aromatic carbocycles. The summed E-state index contributed by atoms with van der Waals surface area (Å²) in [5.74, 6) is -62.8. The van der Waals surface area contributed by atoms with Crippen LogP contribution in [0.1, 0.15) is 10.4 Å². The second-order valence-electron chi connectivity index (χ2n) is 8.20. The Kier molecular flexibility index (Phi) is 8.64. The van der Waals surface area contributed by atoms with Gasteiger partial charge in [0.1, 0.15) is 5.56 Å². The number of rotatable bonds is 7. The molecule has 0 saturated carbocycles. The minimum absolute atomic E-state index is 0.373. The fourth-order valence-corrected chi connectivity index (χ4v) is 3.35. The summed E-state index contributed by atoms with van der Waals surface area (Å²) < 4.78 is 238. The molecule has 0 spiro atoms. The van der Waals surface area contributed by atoms with E-state index in [1.165, 1.54) is 0 Å². The Labute approximate surface area is 240 Å². The maximum atomic E-state index is 15.3. The molecule has 0 heterocycles. The molecule has 1 N–H and O–H groups in total. The minimum Gasteiger partial charge on any atom is -0.478 e. The van der Waals surface area contributed by atoms with Gasteiger partial charge in [-0.2, -0.15) is 26.3 Å². The monoisotopic (exact) mass is 686 g/mol. The van der Waals surface area contributed by atoms with Crippen molar-refractivity contribution in [3.05, 3.63) is 105 Å². The molecule has 0 amide bonds. The summed E-state index contributed by atoms with van der Waals surface area (Å²) >= 11 is 0. The summed E-state index contributed by atoms with van der Waals surface area (Å²) in [7, 11) is 0. The number of benzene rings is 4. The van der Waals surface area contributed by atoms with Gasteiger partial charge in [0.25, 0.3) is 0 Å². The molecule has 21 heteroatoms. The van der Waals surface area contributed by atoms with Crippen LogP contribution in [0, 0.1) is 93.1 Å². The first-order chi connectivity index (χ1) is 21.3. The molecule has 0 fully saturated rings. The zero-order chi connectivity index (χ0) is 34.7. The molecule has 5 nitrogen and oxygen atoms in total. The van der Waals surface area contributed by atoms with Gasteiger partial charge in [-0.3, -0.25) is 0 Å². The Morgan fingerprint density at radius 2 is 0.630 bits per heavy atom. The van der Waals surface area contributed by atoms with Crippen LogP contribution in [0.4, 0.5) is 70.2 Å². The maximum absolute atomic E-state index is 15.3. The molecular weight excluding hydrogens is 684 g/mol. The Hall–Kier alpha value is -5.37. The topological polar surface area (TPSA) is 65.0 Å². The summed E-state index contributed by atoms with van der Waals surface area (Å²) in [6.07, 6.45) is 0. The average molecular weight is 686 g/mol. The summed E-state index contributed by atoms with van der Waals surface area (Å²) in [6.45, 7) is 0. The van der Waals surface area contributed by atoms with Crippen LogP contribution in [0.15, 0.2) is 6.07 Å².